The summed E-state index contributed by atoms with van der Waals surface area (Å²) in [6, 6.07) is 2.73. The van der Waals surface area contributed by atoms with Gasteiger partial charge in [0.05, 0.1) is 30.5 Å². The lowest BCUT2D eigenvalue weighted by molar-refractivity contribution is 0.0950. The van der Waals surface area contributed by atoms with Gasteiger partial charge in [0.1, 0.15) is 5.82 Å². The molecule has 0 aromatic carbocycles. The van der Waals surface area contributed by atoms with Gasteiger partial charge < -0.3 is 15.7 Å². The second-order valence-corrected chi connectivity index (χ2v) is 4.34. The number of nitrogens with zero attached hydrogens (tertiary/aromatic N) is 3. The molecule has 0 spiro atoms. The summed E-state index contributed by atoms with van der Waals surface area (Å²) in [4.78, 5) is 26.0. The molecule has 116 valence electrons. The summed E-state index contributed by atoms with van der Waals surface area (Å²) >= 11 is 0. The summed E-state index contributed by atoms with van der Waals surface area (Å²) in [5, 5.41) is 17.1. The van der Waals surface area contributed by atoms with Gasteiger partial charge in [-0.3, -0.25) is 14.5 Å². The van der Waals surface area contributed by atoms with E-state index in [2.05, 4.69) is 20.7 Å². The first-order valence-electron chi connectivity index (χ1n) is 6.43. The maximum Gasteiger partial charge on any atom is 0.404 e. The monoisotopic (exact) mass is 307 g/mol. The van der Waals surface area contributed by atoms with Crippen molar-refractivity contribution in [2.24, 2.45) is 0 Å². The molecule has 0 aliphatic carbocycles. The number of rotatable bonds is 6. The number of aromatic nitrogens is 3. The van der Waals surface area contributed by atoms with Gasteiger partial charge in [-0.05, 0) is 12.1 Å². The van der Waals surface area contributed by atoms with E-state index in [0.29, 0.717) is 12.1 Å². The molecule has 8 nitrogen and oxygen atoms in total. The number of nitrogens with one attached hydrogen (secondary N) is 2. The molecule has 0 aliphatic rings. The molecule has 0 bridgehead atoms. The third-order valence-electron chi connectivity index (χ3n) is 2.76. The highest BCUT2D eigenvalue weighted by Gasteiger charge is 2.10. The minimum Gasteiger partial charge on any atom is -0.465 e. The van der Waals surface area contributed by atoms with Gasteiger partial charge in [-0.15, -0.1) is 0 Å². The van der Waals surface area contributed by atoms with Crippen molar-refractivity contribution in [2.45, 2.75) is 13.1 Å². The molecule has 0 aliphatic heterocycles. The number of hydrogen-bond donors (Lipinski definition) is 3. The van der Waals surface area contributed by atoms with Crippen molar-refractivity contribution in [3.05, 3.63) is 47.8 Å². The fourth-order valence-electron chi connectivity index (χ4n) is 1.70. The molecule has 0 radical (unpaired) electrons. The Balaban J connectivity index is 1.86. The smallest absolute Gasteiger partial charge is 0.404 e. The van der Waals surface area contributed by atoms with Crippen LogP contribution >= 0.6 is 0 Å². The van der Waals surface area contributed by atoms with Crippen LogP contribution in [0, 0.1) is 5.82 Å². The topological polar surface area (TPSA) is 109 Å². The normalized spacial score (nSPS) is 10.2. The quantitative estimate of drug-likeness (QED) is 0.724. The lowest BCUT2D eigenvalue weighted by Crippen LogP contribution is -2.25. The third-order valence-corrected chi connectivity index (χ3v) is 2.76. The minimum absolute atomic E-state index is 0.0305. The number of carboxylic acid groups (broad SMARTS) is 1. The van der Waals surface area contributed by atoms with Crippen LogP contribution in [0.25, 0.3) is 0 Å². The second-order valence-electron chi connectivity index (χ2n) is 4.34. The van der Waals surface area contributed by atoms with Crippen molar-refractivity contribution in [1.82, 2.24) is 25.4 Å². The Kier molecular flexibility index (Phi) is 5.02. The fraction of sp³-hybridized carbons (Fsp3) is 0.231. The highest BCUT2D eigenvalue weighted by Crippen LogP contribution is 2.03. The molecule has 3 N–H and O–H groups in total. The first-order valence-corrected chi connectivity index (χ1v) is 6.43. The van der Waals surface area contributed by atoms with Crippen LogP contribution in [-0.4, -0.2) is 38.4 Å². The van der Waals surface area contributed by atoms with E-state index < -0.39 is 17.8 Å². The van der Waals surface area contributed by atoms with Gasteiger partial charge in [0, 0.05) is 18.9 Å². The summed E-state index contributed by atoms with van der Waals surface area (Å²) < 4.78 is 14.8. The van der Waals surface area contributed by atoms with Crippen molar-refractivity contribution in [3.63, 3.8) is 0 Å². The highest BCUT2D eigenvalue weighted by atomic mass is 19.1. The number of carbonyl (C=O) groups is 2. The molecule has 0 unspecified atom stereocenters. The average Bonchev–Trinajstić information content (AvgIpc) is 2.94. The summed E-state index contributed by atoms with van der Waals surface area (Å²) in [5.74, 6) is -0.902. The SMILES string of the molecule is O=C(O)NCCn1cc(C(=O)NCc2ncccc2F)cn1. The van der Waals surface area contributed by atoms with E-state index in [4.69, 9.17) is 5.11 Å². The van der Waals surface area contributed by atoms with Gasteiger partial charge in [-0.1, -0.05) is 0 Å². The Morgan fingerprint density at radius 3 is 2.91 bits per heavy atom. The van der Waals surface area contributed by atoms with Crippen molar-refractivity contribution in [1.29, 1.82) is 0 Å². The van der Waals surface area contributed by atoms with Crippen LogP contribution in [-0.2, 0) is 13.1 Å². The third kappa shape index (κ3) is 4.27. The zero-order chi connectivity index (χ0) is 15.9. The van der Waals surface area contributed by atoms with Crippen LogP contribution in [0.5, 0.6) is 0 Å². The first kappa shape index (κ1) is 15.4. The van der Waals surface area contributed by atoms with Gasteiger partial charge in [0.2, 0.25) is 0 Å². The average molecular weight is 307 g/mol. The molecule has 22 heavy (non-hydrogen) atoms. The van der Waals surface area contributed by atoms with E-state index in [9.17, 15) is 14.0 Å². The van der Waals surface area contributed by atoms with Crippen LogP contribution < -0.4 is 10.6 Å². The summed E-state index contributed by atoms with van der Waals surface area (Å²) in [6.07, 6.45) is 3.15. The predicted octanol–water partition coefficient (Wildman–Crippen LogP) is 0.615. The lowest BCUT2D eigenvalue weighted by atomic mass is 10.3. The minimum atomic E-state index is -1.12. The Labute approximate surface area is 125 Å². The van der Waals surface area contributed by atoms with Gasteiger partial charge in [0.15, 0.2) is 0 Å². The molecule has 2 aromatic heterocycles. The van der Waals surface area contributed by atoms with Gasteiger partial charge in [0.25, 0.3) is 5.91 Å². The number of pyridine rings is 1. The molecule has 2 rings (SSSR count). The molecule has 9 heteroatoms. The Bertz CT molecular complexity index is 673. The molecule has 2 heterocycles. The van der Waals surface area contributed by atoms with E-state index >= 15 is 0 Å². The number of carbonyl (C=O) groups excluding carboxylic acids is 1. The van der Waals surface area contributed by atoms with E-state index in [-0.39, 0.29) is 18.8 Å². The molecule has 2 aromatic rings. The van der Waals surface area contributed by atoms with E-state index in [1.165, 1.54) is 35.4 Å². The standard InChI is InChI=1S/C13H14FN5O3/c14-10-2-1-3-15-11(10)7-17-12(20)9-6-18-19(8-9)5-4-16-13(21)22/h1-3,6,8,16H,4-5,7H2,(H,17,20)(H,21,22). The zero-order valence-corrected chi connectivity index (χ0v) is 11.5. The van der Waals surface area contributed by atoms with Crippen LogP contribution in [0.3, 0.4) is 0 Å². The number of halogens is 1. The second kappa shape index (κ2) is 7.16. The molecule has 0 saturated carbocycles. The van der Waals surface area contributed by atoms with Crippen molar-refractivity contribution < 1.29 is 19.1 Å². The Hall–Kier alpha value is -2.97. The zero-order valence-electron chi connectivity index (χ0n) is 11.5. The molecular weight excluding hydrogens is 293 g/mol. The first-order chi connectivity index (χ1) is 10.6. The largest absolute Gasteiger partial charge is 0.465 e. The summed E-state index contributed by atoms with van der Waals surface area (Å²) in [6.45, 7) is 0.447. The molecule has 0 saturated heterocycles. The Morgan fingerprint density at radius 2 is 2.18 bits per heavy atom. The van der Waals surface area contributed by atoms with Crippen molar-refractivity contribution in [3.8, 4) is 0 Å². The summed E-state index contributed by atoms with van der Waals surface area (Å²) in [7, 11) is 0. The van der Waals surface area contributed by atoms with E-state index in [0.717, 1.165) is 0 Å². The van der Waals surface area contributed by atoms with E-state index in [1.54, 1.807) is 0 Å². The molecular formula is C13H14FN5O3. The number of amides is 2. The molecule has 0 atom stereocenters. The molecule has 0 fully saturated rings. The lowest BCUT2D eigenvalue weighted by Gasteiger charge is -2.04. The Morgan fingerprint density at radius 1 is 1.36 bits per heavy atom. The van der Waals surface area contributed by atoms with Crippen LogP contribution in [0.2, 0.25) is 0 Å². The van der Waals surface area contributed by atoms with Crippen molar-refractivity contribution in [2.75, 3.05) is 6.54 Å². The van der Waals surface area contributed by atoms with E-state index in [1.807, 2.05) is 0 Å². The van der Waals surface area contributed by atoms with Gasteiger partial charge in [-0.25, -0.2) is 9.18 Å². The maximum atomic E-state index is 13.4. The predicted molar refractivity (Wildman–Crippen MR) is 73.6 cm³/mol. The summed E-state index contributed by atoms with van der Waals surface area (Å²) in [5.41, 5.74) is 0.445. The van der Waals surface area contributed by atoms with Gasteiger partial charge in [-0.2, -0.15) is 5.10 Å². The highest BCUT2D eigenvalue weighted by molar-refractivity contribution is 5.93. The van der Waals surface area contributed by atoms with Gasteiger partial charge >= 0.3 is 6.09 Å². The fourth-order valence-corrected chi connectivity index (χ4v) is 1.70. The maximum absolute atomic E-state index is 13.4. The van der Waals surface area contributed by atoms with Crippen LogP contribution in [0.15, 0.2) is 30.7 Å². The van der Waals surface area contributed by atoms with Crippen LogP contribution in [0.1, 0.15) is 16.1 Å². The van der Waals surface area contributed by atoms with Crippen molar-refractivity contribution >= 4 is 12.0 Å². The van der Waals surface area contributed by atoms with Crippen LogP contribution in [0.4, 0.5) is 9.18 Å². The number of hydrogen-bond acceptors (Lipinski definition) is 4. The molecule has 2 amide bonds.